The maximum atomic E-state index is 11.5. The Hall–Kier alpha value is -0.394. The number of carboxylic acid groups (broad SMARTS) is 1. The van der Waals surface area contributed by atoms with Gasteiger partial charge in [0.1, 0.15) is 5.60 Å². The quantitative estimate of drug-likeness (QED) is 0.599. The molecule has 0 saturated heterocycles. The van der Waals surface area contributed by atoms with Crippen LogP contribution >= 0.6 is 0 Å². The molecular formula is C12H19KN2O4. The van der Waals surface area contributed by atoms with Gasteiger partial charge in [0, 0.05) is 0 Å². The molecule has 1 amide bonds. The molecule has 1 unspecified atom stereocenters. The van der Waals surface area contributed by atoms with Gasteiger partial charge < -0.3 is 15.2 Å². The second-order valence-electron chi connectivity index (χ2n) is 4.90. The van der Waals surface area contributed by atoms with Gasteiger partial charge in [0.05, 0.1) is 12.5 Å². The van der Waals surface area contributed by atoms with Crippen molar-refractivity contribution in [3.8, 4) is 6.07 Å². The van der Waals surface area contributed by atoms with Crippen molar-refractivity contribution in [1.82, 2.24) is 5.32 Å². The van der Waals surface area contributed by atoms with Gasteiger partial charge in [-0.1, -0.05) is 12.2 Å². The molecule has 1 atom stereocenters. The van der Waals surface area contributed by atoms with Gasteiger partial charge in [0.25, 0.3) is 0 Å². The number of carbonyl (C=O) groups is 2. The number of amides is 1. The van der Waals surface area contributed by atoms with Gasteiger partial charge in [-0.25, -0.2) is 9.59 Å². The summed E-state index contributed by atoms with van der Waals surface area (Å²) in [6, 6.07) is 1.85. The molecule has 2 N–H and O–H groups in total. The van der Waals surface area contributed by atoms with Crippen molar-refractivity contribution >= 4 is 63.4 Å². The molecule has 0 aromatic rings. The Morgan fingerprint density at radius 3 is 2.26 bits per heavy atom. The van der Waals surface area contributed by atoms with Gasteiger partial charge in [-0.3, -0.25) is 0 Å². The fourth-order valence-corrected chi connectivity index (χ4v) is 1.03. The van der Waals surface area contributed by atoms with Crippen molar-refractivity contribution in [3.63, 3.8) is 0 Å². The average molecular weight is 294 g/mol. The number of nitriles is 1. The number of hydrogen-bond donors (Lipinski definition) is 2. The number of nitrogens with one attached hydrogen (secondary N) is 1. The van der Waals surface area contributed by atoms with E-state index in [1.54, 1.807) is 20.8 Å². The van der Waals surface area contributed by atoms with Crippen LogP contribution in [-0.4, -0.2) is 79.7 Å². The summed E-state index contributed by atoms with van der Waals surface area (Å²) >= 11 is 0. The summed E-state index contributed by atoms with van der Waals surface area (Å²) in [4.78, 5) is 22.6. The summed E-state index contributed by atoms with van der Waals surface area (Å²) in [5.41, 5.74) is -2.31. The molecule has 0 aromatic carbocycles. The van der Waals surface area contributed by atoms with Crippen molar-refractivity contribution in [2.45, 2.75) is 45.3 Å². The van der Waals surface area contributed by atoms with E-state index in [2.05, 4.69) is 5.32 Å². The molecular weight excluding hydrogens is 275 g/mol. The van der Waals surface area contributed by atoms with Crippen molar-refractivity contribution in [2.24, 2.45) is 0 Å². The molecule has 6 nitrogen and oxygen atoms in total. The molecule has 0 aromatic heterocycles. The maximum absolute atomic E-state index is 11.5. The van der Waals surface area contributed by atoms with Crippen LogP contribution in [0.1, 0.15) is 34.1 Å². The van der Waals surface area contributed by atoms with Gasteiger partial charge in [-0.15, -0.1) is 0 Å². The number of ether oxygens (including phenoxy) is 1. The Morgan fingerprint density at radius 2 is 1.89 bits per heavy atom. The van der Waals surface area contributed by atoms with Crippen LogP contribution in [-0.2, 0) is 9.53 Å². The van der Waals surface area contributed by atoms with Gasteiger partial charge in [-0.2, -0.15) is 5.26 Å². The van der Waals surface area contributed by atoms with Crippen LogP contribution in [0.25, 0.3) is 0 Å². The van der Waals surface area contributed by atoms with E-state index < -0.39 is 23.2 Å². The molecule has 0 aliphatic heterocycles. The summed E-state index contributed by atoms with van der Waals surface area (Å²) in [5, 5.41) is 19.7. The van der Waals surface area contributed by atoms with Crippen LogP contribution in [0.3, 0.4) is 0 Å². The number of rotatable bonds is 4. The molecule has 0 radical (unpaired) electrons. The Labute approximate surface area is 155 Å². The normalized spacial score (nSPS) is 13.8. The summed E-state index contributed by atoms with van der Waals surface area (Å²) in [6.45, 7) is 6.34. The van der Waals surface area contributed by atoms with E-state index in [1.807, 2.05) is 6.07 Å². The summed E-state index contributed by atoms with van der Waals surface area (Å²) < 4.78 is 4.98. The molecule has 0 spiro atoms. The molecule has 19 heavy (non-hydrogen) atoms. The SMILES string of the molecule is CC(C)(C)OC(=O)NC(C)(C=CCC#N)C(=O)O.[KH]. The molecule has 0 aliphatic carbocycles. The summed E-state index contributed by atoms with van der Waals surface area (Å²) in [5.74, 6) is -1.23. The zero-order chi connectivity index (χ0) is 14.4. The third kappa shape index (κ3) is 9.19. The Morgan fingerprint density at radius 1 is 1.37 bits per heavy atom. The number of nitrogens with zero attached hydrogens (tertiary/aromatic N) is 1. The molecule has 0 heterocycles. The van der Waals surface area contributed by atoms with Crippen LogP contribution in [0, 0.1) is 11.3 Å². The van der Waals surface area contributed by atoms with Crippen LogP contribution in [0.4, 0.5) is 4.79 Å². The van der Waals surface area contributed by atoms with E-state index in [0.29, 0.717) is 0 Å². The molecule has 7 heteroatoms. The van der Waals surface area contributed by atoms with Gasteiger partial charge in [0.2, 0.25) is 0 Å². The Bertz CT molecular complexity index is 396. The zero-order valence-electron chi connectivity index (χ0n) is 11.0. The Balaban J connectivity index is 0. The first-order valence-electron chi connectivity index (χ1n) is 5.40. The van der Waals surface area contributed by atoms with E-state index in [0.717, 1.165) is 0 Å². The number of carboxylic acids is 1. The van der Waals surface area contributed by atoms with E-state index >= 15 is 0 Å². The average Bonchev–Trinajstić information content (AvgIpc) is 2.14. The van der Waals surface area contributed by atoms with Crippen LogP contribution in [0.2, 0.25) is 0 Å². The van der Waals surface area contributed by atoms with Crippen molar-refractivity contribution in [3.05, 3.63) is 12.2 Å². The second kappa shape index (κ2) is 8.71. The number of allylic oxidation sites excluding steroid dienone is 1. The van der Waals surface area contributed by atoms with Gasteiger partial charge in [-0.05, 0) is 27.7 Å². The predicted molar refractivity (Wildman–Crippen MR) is 71.9 cm³/mol. The van der Waals surface area contributed by atoms with Crippen LogP contribution < -0.4 is 5.32 Å². The number of alkyl carbamates (subject to hydrolysis) is 1. The van der Waals surface area contributed by atoms with Crippen molar-refractivity contribution < 1.29 is 19.4 Å². The van der Waals surface area contributed by atoms with Crippen molar-refractivity contribution in [1.29, 1.82) is 5.26 Å². The molecule has 0 rings (SSSR count). The molecule has 102 valence electrons. The van der Waals surface area contributed by atoms with E-state index in [9.17, 15) is 9.59 Å². The number of aliphatic carboxylic acids is 1. The third-order valence-corrected chi connectivity index (χ3v) is 1.87. The minimum atomic E-state index is -1.60. The molecule has 0 aliphatic rings. The first kappa shape index (κ1) is 20.9. The first-order valence-corrected chi connectivity index (χ1v) is 5.40. The number of carbonyl (C=O) groups excluding carboxylic acids is 1. The number of hydrogen-bond acceptors (Lipinski definition) is 4. The topological polar surface area (TPSA) is 99.4 Å². The predicted octanol–water partition coefficient (Wildman–Crippen LogP) is 1.18. The first-order chi connectivity index (χ1) is 8.10. The monoisotopic (exact) mass is 294 g/mol. The fraction of sp³-hybridized carbons (Fsp3) is 0.583. The molecule has 0 saturated carbocycles. The summed E-state index contributed by atoms with van der Waals surface area (Å²) in [6.07, 6.45) is 1.88. The van der Waals surface area contributed by atoms with E-state index in [1.165, 1.54) is 19.1 Å². The zero-order valence-corrected chi connectivity index (χ0v) is 11.0. The fourth-order valence-electron chi connectivity index (χ4n) is 1.03. The third-order valence-electron chi connectivity index (χ3n) is 1.87. The Kier molecular flexibility index (Phi) is 9.59. The molecule has 0 bridgehead atoms. The van der Waals surface area contributed by atoms with Crippen LogP contribution in [0.15, 0.2) is 12.2 Å². The van der Waals surface area contributed by atoms with Crippen LogP contribution in [0.5, 0.6) is 0 Å². The van der Waals surface area contributed by atoms with E-state index in [4.69, 9.17) is 15.1 Å². The minimum absolute atomic E-state index is 0. The van der Waals surface area contributed by atoms with Gasteiger partial charge >= 0.3 is 63.4 Å². The van der Waals surface area contributed by atoms with E-state index in [-0.39, 0.29) is 57.8 Å². The summed E-state index contributed by atoms with van der Waals surface area (Å²) in [7, 11) is 0. The van der Waals surface area contributed by atoms with Crippen molar-refractivity contribution in [2.75, 3.05) is 0 Å². The molecule has 0 fully saturated rings. The standard InChI is InChI=1S/C12H18N2O4.K.H/c1-11(2,3)18-10(17)14-12(4,9(15)16)7-5-6-8-13;;/h5,7H,6H2,1-4H3,(H,14,17)(H,15,16);;. The second-order valence-corrected chi connectivity index (χ2v) is 4.90. The van der Waals surface area contributed by atoms with Gasteiger partial charge in [0.15, 0.2) is 5.54 Å².